The molecule has 0 spiro atoms. The molecule has 0 aliphatic heterocycles. The molecule has 0 fully saturated rings. The topological polar surface area (TPSA) is 76.4 Å². The minimum absolute atomic E-state index is 0.0134. The van der Waals surface area contributed by atoms with Crippen molar-refractivity contribution in [2.75, 3.05) is 5.32 Å². The van der Waals surface area contributed by atoms with Gasteiger partial charge >= 0.3 is 0 Å². The summed E-state index contributed by atoms with van der Waals surface area (Å²) in [5.41, 5.74) is 1.88. The van der Waals surface area contributed by atoms with E-state index in [0.717, 1.165) is 17.7 Å². The van der Waals surface area contributed by atoms with Gasteiger partial charge in [-0.05, 0) is 43.2 Å². The SMILES string of the molecule is CCc1ccnc(NC(=O)c2cnc3cccc(C)n3c2=O)c1. The molecule has 0 aliphatic carbocycles. The van der Waals surface area contributed by atoms with Crippen LogP contribution in [0, 0.1) is 6.92 Å². The number of aryl methyl sites for hydroxylation is 2. The van der Waals surface area contributed by atoms with Crippen LogP contribution >= 0.6 is 0 Å². The standard InChI is InChI=1S/C17H16N4O2/c1-3-12-7-8-18-14(9-12)20-16(22)13-10-19-15-6-4-5-11(2)21(15)17(13)23/h4-10H,3H2,1-2H3,(H,18,20,22). The van der Waals surface area contributed by atoms with E-state index in [2.05, 4.69) is 15.3 Å². The van der Waals surface area contributed by atoms with Crippen LogP contribution in [-0.2, 0) is 6.42 Å². The fourth-order valence-electron chi connectivity index (χ4n) is 2.38. The van der Waals surface area contributed by atoms with Crippen molar-refractivity contribution in [1.82, 2.24) is 14.4 Å². The third-order valence-electron chi connectivity index (χ3n) is 3.64. The highest BCUT2D eigenvalue weighted by Crippen LogP contribution is 2.09. The van der Waals surface area contributed by atoms with Gasteiger partial charge < -0.3 is 5.32 Å². The summed E-state index contributed by atoms with van der Waals surface area (Å²) in [6.07, 6.45) is 3.77. The second-order valence-electron chi connectivity index (χ2n) is 5.19. The molecule has 0 aliphatic rings. The maximum Gasteiger partial charge on any atom is 0.270 e. The summed E-state index contributed by atoms with van der Waals surface area (Å²) in [6, 6.07) is 9.00. The van der Waals surface area contributed by atoms with Crippen molar-refractivity contribution in [1.29, 1.82) is 0 Å². The molecule has 0 saturated carbocycles. The normalized spacial score (nSPS) is 10.7. The lowest BCUT2D eigenvalue weighted by Gasteiger charge is -2.08. The van der Waals surface area contributed by atoms with Gasteiger partial charge in [0.1, 0.15) is 17.0 Å². The Labute approximate surface area is 132 Å². The number of carbonyl (C=O) groups is 1. The van der Waals surface area contributed by atoms with Gasteiger partial charge in [0.05, 0.1) is 0 Å². The zero-order valence-corrected chi connectivity index (χ0v) is 12.9. The summed E-state index contributed by atoms with van der Waals surface area (Å²) in [5.74, 6) is -0.0930. The molecule has 6 nitrogen and oxygen atoms in total. The van der Waals surface area contributed by atoms with Gasteiger partial charge in [-0.1, -0.05) is 13.0 Å². The van der Waals surface area contributed by atoms with Crippen LogP contribution in [0.5, 0.6) is 0 Å². The second-order valence-corrected chi connectivity index (χ2v) is 5.19. The summed E-state index contributed by atoms with van der Waals surface area (Å²) in [6.45, 7) is 3.81. The van der Waals surface area contributed by atoms with Crippen molar-refractivity contribution < 1.29 is 4.79 Å². The lowest BCUT2D eigenvalue weighted by atomic mass is 10.2. The Morgan fingerprint density at radius 2 is 2.09 bits per heavy atom. The van der Waals surface area contributed by atoms with Gasteiger partial charge in [0.2, 0.25) is 0 Å². The van der Waals surface area contributed by atoms with Crippen LogP contribution in [-0.4, -0.2) is 20.3 Å². The first kappa shape index (κ1) is 14.9. The third-order valence-corrected chi connectivity index (χ3v) is 3.64. The Balaban J connectivity index is 1.99. The van der Waals surface area contributed by atoms with Gasteiger partial charge in [-0.25, -0.2) is 9.97 Å². The molecule has 3 rings (SSSR count). The van der Waals surface area contributed by atoms with Gasteiger partial charge in [-0.2, -0.15) is 0 Å². The van der Waals surface area contributed by atoms with Crippen molar-refractivity contribution in [3.8, 4) is 0 Å². The highest BCUT2D eigenvalue weighted by molar-refractivity contribution is 6.03. The van der Waals surface area contributed by atoms with Crippen LogP contribution in [0.4, 0.5) is 5.82 Å². The van der Waals surface area contributed by atoms with Crippen LogP contribution in [0.15, 0.2) is 47.5 Å². The minimum Gasteiger partial charge on any atom is -0.306 e. The molecule has 0 atom stereocenters. The van der Waals surface area contributed by atoms with E-state index >= 15 is 0 Å². The molecule has 0 radical (unpaired) electrons. The maximum atomic E-state index is 12.5. The highest BCUT2D eigenvalue weighted by atomic mass is 16.2. The molecule has 1 N–H and O–H groups in total. The average molecular weight is 308 g/mol. The number of amides is 1. The summed E-state index contributed by atoms with van der Waals surface area (Å²) < 4.78 is 1.42. The number of anilines is 1. The van der Waals surface area contributed by atoms with Crippen molar-refractivity contribution in [2.24, 2.45) is 0 Å². The third kappa shape index (κ3) is 2.83. The van der Waals surface area contributed by atoms with Crippen LogP contribution in [0.3, 0.4) is 0 Å². The van der Waals surface area contributed by atoms with Crippen LogP contribution in [0.2, 0.25) is 0 Å². The second kappa shape index (κ2) is 6.00. The molecular formula is C17H16N4O2. The van der Waals surface area contributed by atoms with Gasteiger partial charge in [-0.3, -0.25) is 14.0 Å². The zero-order chi connectivity index (χ0) is 16.4. The molecule has 3 aromatic heterocycles. The summed E-state index contributed by atoms with van der Waals surface area (Å²) in [5, 5.41) is 2.65. The first-order valence-electron chi connectivity index (χ1n) is 7.34. The van der Waals surface area contributed by atoms with Crippen LogP contribution in [0.1, 0.15) is 28.5 Å². The van der Waals surface area contributed by atoms with E-state index in [1.54, 1.807) is 31.3 Å². The number of nitrogens with zero attached hydrogens (tertiary/aromatic N) is 3. The maximum absolute atomic E-state index is 12.5. The number of nitrogens with one attached hydrogen (secondary N) is 1. The number of fused-ring (bicyclic) bond motifs is 1. The average Bonchev–Trinajstić information content (AvgIpc) is 2.55. The quantitative estimate of drug-likeness (QED) is 0.805. The molecule has 1 amide bonds. The highest BCUT2D eigenvalue weighted by Gasteiger charge is 2.14. The minimum atomic E-state index is -0.513. The van der Waals surface area contributed by atoms with Gasteiger partial charge in [0.15, 0.2) is 0 Å². The number of rotatable bonds is 3. The summed E-state index contributed by atoms with van der Waals surface area (Å²) in [7, 11) is 0. The molecule has 3 heterocycles. The zero-order valence-electron chi connectivity index (χ0n) is 12.9. The number of hydrogen-bond donors (Lipinski definition) is 1. The smallest absolute Gasteiger partial charge is 0.270 e. The fourth-order valence-corrected chi connectivity index (χ4v) is 2.38. The van der Waals surface area contributed by atoms with Crippen molar-refractivity contribution in [3.63, 3.8) is 0 Å². The summed E-state index contributed by atoms with van der Waals surface area (Å²) in [4.78, 5) is 33.2. The first-order valence-corrected chi connectivity index (χ1v) is 7.34. The lowest BCUT2D eigenvalue weighted by molar-refractivity contribution is 0.102. The van der Waals surface area contributed by atoms with Crippen molar-refractivity contribution in [3.05, 3.63) is 69.9 Å². The Morgan fingerprint density at radius 3 is 2.87 bits per heavy atom. The van der Waals surface area contributed by atoms with E-state index in [0.29, 0.717) is 11.5 Å². The van der Waals surface area contributed by atoms with Crippen LogP contribution in [0.25, 0.3) is 5.65 Å². The van der Waals surface area contributed by atoms with E-state index in [1.165, 1.54) is 10.6 Å². The molecule has 0 aromatic carbocycles. The van der Waals surface area contributed by atoms with Gasteiger partial charge in [0, 0.05) is 18.1 Å². The molecule has 6 heteroatoms. The van der Waals surface area contributed by atoms with E-state index in [1.807, 2.05) is 19.1 Å². The number of carbonyl (C=O) groups excluding carboxylic acids is 1. The molecule has 23 heavy (non-hydrogen) atoms. The Hall–Kier alpha value is -3.02. The monoisotopic (exact) mass is 308 g/mol. The predicted molar refractivity (Wildman–Crippen MR) is 87.8 cm³/mol. The number of pyridine rings is 2. The van der Waals surface area contributed by atoms with Gasteiger partial charge in [0.25, 0.3) is 11.5 Å². The molecule has 0 unspecified atom stereocenters. The number of aromatic nitrogens is 3. The van der Waals surface area contributed by atoms with E-state index in [-0.39, 0.29) is 5.56 Å². The lowest BCUT2D eigenvalue weighted by Crippen LogP contribution is -2.27. The Morgan fingerprint density at radius 1 is 1.26 bits per heavy atom. The van der Waals surface area contributed by atoms with Crippen LogP contribution < -0.4 is 10.9 Å². The fraction of sp³-hybridized carbons (Fsp3) is 0.176. The van der Waals surface area contributed by atoms with E-state index in [9.17, 15) is 9.59 Å². The van der Waals surface area contributed by atoms with E-state index < -0.39 is 11.5 Å². The largest absolute Gasteiger partial charge is 0.306 e. The van der Waals surface area contributed by atoms with E-state index in [4.69, 9.17) is 0 Å². The van der Waals surface area contributed by atoms with Gasteiger partial charge in [-0.15, -0.1) is 0 Å². The molecule has 116 valence electrons. The predicted octanol–water partition coefficient (Wildman–Crippen LogP) is 2.21. The Kier molecular flexibility index (Phi) is 3.89. The summed E-state index contributed by atoms with van der Waals surface area (Å²) >= 11 is 0. The molecule has 0 saturated heterocycles. The Bertz CT molecular complexity index is 947. The van der Waals surface area contributed by atoms with Crippen molar-refractivity contribution >= 4 is 17.4 Å². The molecule has 0 bridgehead atoms. The van der Waals surface area contributed by atoms with Crippen molar-refractivity contribution in [2.45, 2.75) is 20.3 Å². The number of hydrogen-bond acceptors (Lipinski definition) is 4. The molecular weight excluding hydrogens is 292 g/mol. The first-order chi connectivity index (χ1) is 11.1. The molecule has 3 aromatic rings.